The van der Waals surface area contributed by atoms with Gasteiger partial charge in [0.15, 0.2) is 5.52 Å². The van der Waals surface area contributed by atoms with Gasteiger partial charge < -0.3 is 14.2 Å². The number of benzene rings is 5. The summed E-state index contributed by atoms with van der Waals surface area (Å²) in [7, 11) is -0.234. The van der Waals surface area contributed by atoms with Crippen molar-refractivity contribution >= 4 is 38.3 Å². The Morgan fingerprint density at radius 1 is 0.550 bits per heavy atom. The summed E-state index contributed by atoms with van der Waals surface area (Å²) in [5.74, 6) is 3.56. The summed E-state index contributed by atoms with van der Waals surface area (Å²) in [6, 6.07) is 36.3. The second kappa shape index (κ2) is 13.5. The molecule has 0 amide bonds. The SMILES string of the molecule is Cc1cc(C)c(C(=O)Pc2c(Oc3ccccc3)cc(Oc3ccccc3)cc2Oc2ccccc2)c(C)c1.[LiH]. The first-order valence-electron chi connectivity index (χ1n) is 12.7. The van der Waals surface area contributed by atoms with E-state index in [4.69, 9.17) is 14.2 Å². The molecule has 6 heteroatoms. The van der Waals surface area contributed by atoms with Gasteiger partial charge in [-0.1, -0.05) is 72.3 Å². The standard InChI is InChI=1S/C34H29O4P.Li.H/c1-23-19-24(2)32(25(3)20-23)34(35)39-33-30(37-27-15-9-5-10-16-27)21-29(36-26-13-7-4-8-14-26)22-31(33)38-28-17-11-6-12-18-28;;/h4-22,39H,1-3H3;;. The molecule has 1 unspecified atom stereocenters. The van der Waals surface area contributed by atoms with Crippen LogP contribution in [0, 0.1) is 20.8 Å². The summed E-state index contributed by atoms with van der Waals surface area (Å²) >= 11 is 0. The molecule has 4 nitrogen and oxygen atoms in total. The average molecular weight is 541 g/mol. The van der Waals surface area contributed by atoms with Crippen molar-refractivity contribution in [1.82, 2.24) is 0 Å². The number of rotatable bonds is 9. The molecule has 0 heterocycles. The zero-order chi connectivity index (χ0) is 27.2. The van der Waals surface area contributed by atoms with E-state index < -0.39 is 0 Å². The van der Waals surface area contributed by atoms with Crippen molar-refractivity contribution in [2.75, 3.05) is 0 Å². The van der Waals surface area contributed by atoms with Crippen molar-refractivity contribution in [3.63, 3.8) is 0 Å². The third kappa shape index (κ3) is 7.23. The van der Waals surface area contributed by atoms with E-state index in [2.05, 4.69) is 0 Å². The first-order chi connectivity index (χ1) is 19.0. The molecule has 0 bridgehead atoms. The number of carbonyl (C=O) groups is 1. The molecular formula is C34H30LiO4P. The van der Waals surface area contributed by atoms with Crippen LogP contribution in [0.2, 0.25) is 0 Å². The zero-order valence-electron chi connectivity index (χ0n) is 22.1. The Morgan fingerprint density at radius 3 is 1.38 bits per heavy atom. The summed E-state index contributed by atoms with van der Waals surface area (Å²) in [5, 5.41) is 0.674. The minimum atomic E-state index is -0.234. The molecule has 5 aromatic carbocycles. The molecular weight excluding hydrogens is 510 g/mol. The van der Waals surface area contributed by atoms with Gasteiger partial charge in [-0.3, -0.25) is 4.79 Å². The van der Waals surface area contributed by atoms with Gasteiger partial charge in [-0.05, 0) is 76.9 Å². The molecule has 0 aromatic heterocycles. The van der Waals surface area contributed by atoms with E-state index in [1.54, 1.807) is 0 Å². The summed E-state index contributed by atoms with van der Waals surface area (Å²) in [5.41, 5.74) is 3.82. The molecule has 0 N–H and O–H groups in total. The molecule has 0 radical (unpaired) electrons. The number of aryl methyl sites for hydroxylation is 3. The van der Waals surface area contributed by atoms with Gasteiger partial charge in [0.1, 0.15) is 34.5 Å². The molecule has 40 heavy (non-hydrogen) atoms. The van der Waals surface area contributed by atoms with Crippen molar-refractivity contribution < 1.29 is 19.0 Å². The zero-order valence-corrected chi connectivity index (χ0v) is 23.1. The van der Waals surface area contributed by atoms with Crippen molar-refractivity contribution in [3.05, 3.63) is 138 Å². The van der Waals surface area contributed by atoms with Crippen LogP contribution in [0.1, 0.15) is 27.0 Å². The summed E-state index contributed by atoms with van der Waals surface area (Å²) in [6.07, 6.45) is 0. The van der Waals surface area contributed by atoms with E-state index in [0.717, 1.165) is 22.3 Å². The van der Waals surface area contributed by atoms with Crippen LogP contribution >= 0.6 is 8.58 Å². The topological polar surface area (TPSA) is 44.8 Å². The fourth-order valence-electron chi connectivity index (χ4n) is 4.48. The predicted octanol–water partition coefficient (Wildman–Crippen LogP) is 8.48. The summed E-state index contributed by atoms with van der Waals surface area (Å²) < 4.78 is 18.9. The van der Waals surface area contributed by atoms with Crippen LogP contribution in [0.4, 0.5) is 0 Å². The van der Waals surface area contributed by atoms with Gasteiger partial charge in [-0.25, -0.2) is 0 Å². The molecule has 0 aliphatic rings. The fraction of sp³-hybridized carbons (Fsp3) is 0.0882. The Bertz CT molecular complexity index is 1500. The van der Waals surface area contributed by atoms with Gasteiger partial charge in [0, 0.05) is 17.7 Å². The number of hydrogen-bond acceptors (Lipinski definition) is 4. The Hall–Kier alpha value is -3.80. The molecule has 5 aromatic rings. The van der Waals surface area contributed by atoms with E-state index in [-0.39, 0.29) is 33.0 Å². The molecule has 5 rings (SSSR count). The third-order valence-corrected chi connectivity index (χ3v) is 7.32. The third-order valence-electron chi connectivity index (χ3n) is 6.10. The van der Waals surface area contributed by atoms with Crippen LogP contribution in [0.25, 0.3) is 0 Å². The number of ether oxygens (including phenoxy) is 3. The van der Waals surface area contributed by atoms with Crippen LogP contribution < -0.4 is 19.5 Å². The Kier molecular flexibility index (Phi) is 9.86. The van der Waals surface area contributed by atoms with Crippen LogP contribution in [0.3, 0.4) is 0 Å². The minimum absolute atomic E-state index is 0. The number of carbonyl (C=O) groups excluding carboxylic acids is 1. The Labute approximate surface area is 249 Å². The first-order valence-corrected chi connectivity index (χ1v) is 13.7. The van der Waals surface area contributed by atoms with Crippen LogP contribution in [0.5, 0.6) is 34.5 Å². The van der Waals surface area contributed by atoms with E-state index in [1.807, 2.05) is 136 Å². The Morgan fingerprint density at radius 2 is 0.950 bits per heavy atom. The molecule has 0 aliphatic heterocycles. The maximum atomic E-state index is 13.8. The normalized spacial score (nSPS) is 10.7. The van der Waals surface area contributed by atoms with Gasteiger partial charge in [0.2, 0.25) is 0 Å². The number of para-hydroxylation sites is 3. The average Bonchev–Trinajstić information content (AvgIpc) is 2.92. The van der Waals surface area contributed by atoms with Crippen LogP contribution in [-0.4, -0.2) is 24.4 Å². The molecule has 0 saturated heterocycles. The predicted molar refractivity (Wildman–Crippen MR) is 166 cm³/mol. The quantitative estimate of drug-likeness (QED) is 0.139. The van der Waals surface area contributed by atoms with Gasteiger partial charge in [-0.15, -0.1) is 0 Å². The van der Waals surface area contributed by atoms with E-state index in [0.29, 0.717) is 39.8 Å². The first kappa shape index (κ1) is 29.2. The molecule has 0 fully saturated rings. The fourth-order valence-corrected chi connectivity index (χ4v) is 5.72. The second-order valence-electron chi connectivity index (χ2n) is 9.27. The summed E-state index contributed by atoms with van der Waals surface area (Å²) in [6.45, 7) is 6.01. The molecule has 0 aliphatic carbocycles. The molecule has 196 valence electrons. The molecule has 1 atom stereocenters. The van der Waals surface area contributed by atoms with Gasteiger partial charge in [-0.2, -0.15) is 0 Å². The van der Waals surface area contributed by atoms with Crippen LogP contribution in [0.15, 0.2) is 115 Å². The van der Waals surface area contributed by atoms with E-state index in [9.17, 15) is 4.79 Å². The van der Waals surface area contributed by atoms with Crippen molar-refractivity contribution in [2.24, 2.45) is 0 Å². The van der Waals surface area contributed by atoms with Gasteiger partial charge >= 0.3 is 18.9 Å². The second-order valence-corrected chi connectivity index (χ2v) is 10.5. The monoisotopic (exact) mass is 540 g/mol. The maximum absolute atomic E-state index is 13.8. The molecule has 0 saturated carbocycles. The van der Waals surface area contributed by atoms with Crippen molar-refractivity contribution in [3.8, 4) is 34.5 Å². The molecule has 0 spiro atoms. The van der Waals surface area contributed by atoms with E-state index >= 15 is 0 Å². The van der Waals surface area contributed by atoms with Gasteiger partial charge in [0.25, 0.3) is 0 Å². The Balaban J connectivity index is 0.00000370. The van der Waals surface area contributed by atoms with Crippen LogP contribution in [-0.2, 0) is 0 Å². The number of hydrogen-bond donors (Lipinski definition) is 0. The summed E-state index contributed by atoms with van der Waals surface area (Å²) in [4.78, 5) is 13.8. The van der Waals surface area contributed by atoms with Crippen molar-refractivity contribution in [2.45, 2.75) is 20.8 Å². The van der Waals surface area contributed by atoms with Gasteiger partial charge in [0.05, 0.1) is 5.30 Å². The van der Waals surface area contributed by atoms with E-state index in [1.165, 1.54) is 0 Å². The van der Waals surface area contributed by atoms with Crippen molar-refractivity contribution in [1.29, 1.82) is 0 Å².